The van der Waals surface area contributed by atoms with Crippen LogP contribution < -0.4 is 10.8 Å². The monoisotopic (exact) mass is 404 g/mol. The first-order valence-electron chi connectivity index (χ1n) is 8.36. The lowest BCUT2D eigenvalue weighted by atomic mass is 9.84. The summed E-state index contributed by atoms with van der Waals surface area (Å²) in [6, 6.07) is 5.02. The molecule has 1 saturated heterocycles. The van der Waals surface area contributed by atoms with Gasteiger partial charge in [0.2, 0.25) is 0 Å². The molecular formula is C19H20N2O6S. The number of hydrogen-bond donors (Lipinski definition) is 4. The fourth-order valence-electron chi connectivity index (χ4n) is 2.94. The van der Waals surface area contributed by atoms with Crippen LogP contribution in [-0.2, 0) is 14.6 Å². The largest absolute Gasteiger partial charge is 0.395 e. The molecule has 2 rings (SSSR count). The highest BCUT2D eigenvalue weighted by Gasteiger charge is 2.53. The Labute approximate surface area is 163 Å². The second-order valence-electron chi connectivity index (χ2n) is 6.67. The zero-order valence-electron chi connectivity index (χ0n) is 15.2. The Morgan fingerprint density at radius 3 is 2.39 bits per heavy atom. The second kappa shape index (κ2) is 8.89. The van der Waals surface area contributed by atoms with Crippen LogP contribution in [0.15, 0.2) is 24.3 Å². The molecule has 8 nitrogen and oxygen atoms in total. The van der Waals surface area contributed by atoms with Gasteiger partial charge in [0.15, 0.2) is 9.84 Å². The molecule has 4 N–H and O–H groups in total. The van der Waals surface area contributed by atoms with E-state index in [0.717, 1.165) is 0 Å². The van der Waals surface area contributed by atoms with Gasteiger partial charge in [-0.2, -0.15) is 0 Å². The summed E-state index contributed by atoms with van der Waals surface area (Å²) in [6.07, 6.45) is 0.344. The molecule has 9 heteroatoms. The topological polar surface area (TPSA) is 133 Å². The Bertz CT molecular complexity index is 965. The number of hydroxylamine groups is 1. The fourth-order valence-corrected chi connectivity index (χ4v) is 5.19. The molecule has 28 heavy (non-hydrogen) atoms. The average Bonchev–Trinajstić information content (AvgIpc) is 2.64. The lowest BCUT2D eigenvalue weighted by Crippen LogP contribution is -2.64. The molecule has 1 aliphatic heterocycles. The first kappa shape index (κ1) is 21.5. The van der Waals surface area contributed by atoms with Crippen LogP contribution in [0.25, 0.3) is 0 Å². The first-order valence-corrected chi connectivity index (χ1v) is 10.2. The third-order valence-electron chi connectivity index (χ3n) is 4.19. The van der Waals surface area contributed by atoms with Crippen molar-refractivity contribution in [2.45, 2.75) is 19.4 Å². The molecule has 0 spiro atoms. The Hall–Kier alpha value is -2.85. The quantitative estimate of drug-likeness (QED) is 0.296. The Morgan fingerprint density at radius 2 is 1.86 bits per heavy atom. The van der Waals surface area contributed by atoms with Gasteiger partial charge >= 0.3 is 0 Å². The van der Waals surface area contributed by atoms with Gasteiger partial charge in [-0.15, -0.1) is 0 Å². The smallest absolute Gasteiger partial charge is 0.266 e. The zero-order chi connectivity index (χ0) is 20.8. The summed E-state index contributed by atoms with van der Waals surface area (Å²) in [5.41, 5.74) is 1.35. The van der Waals surface area contributed by atoms with Crippen LogP contribution in [0.3, 0.4) is 0 Å². The van der Waals surface area contributed by atoms with Crippen molar-refractivity contribution in [1.29, 1.82) is 0 Å². The molecule has 1 heterocycles. The molecule has 1 aromatic rings. The van der Waals surface area contributed by atoms with Crippen molar-refractivity contribution in [1.82, 2.24) is 10.8 Å². The molecule has 0 radical (unpaired) electrons. The van der Waals surface area contributed by atoms with Gasteiger partial charge in [0.1, 0.15) is 6.04 Å². The predicted octanol–water partition coefficient (Wildman–Crippen LogP) is -0.538. The van der Waals surface area contributed by atoms with E-state index < -0.39 is 33.1 Å². The SMILES string of the molecule is CC1(C(NC(=O)c2ccc(C#CC#CCCO)cc2)C(=O)NO)CS(=O)(=O)C1. The molecule has 0 bridgehead atoms. The van der Waals surface area contributed by atoms with Crippen molar-refractivity contribution in [3.63, 3.8) is 0 Å². The van der Waals surface area contributed by atoms with Crippen LogP contribution in [-0.4, -0.2) is 54.7 Å². The number of benzene rings is 1. The van der Waals surface area contributed by atoms with Crippen LogP contribution in [0.2, 0.25) is 0 Å². The number of carbonyl (C=O) groups excluding carboxylic acids is 2. The van der Waals surface area contributed by atoms with Gasteiger partial charge in [-0.1, -0.05) is 18.8 Å². The minimum absolute atomic E-state index is 0.0290. The van der Waals surface area contributed by atoms with E-state index in [1.54, 1.807) is 19.1 Å². The summed E-state index contributed by atoms with van der Waals surface area (Å²) in [6.45, 7) is 1.53. The number of rotatable bonds is 5. The second-order valence-corrected chi connectivity index (χ2v) is 8.74. The van der Waals surface area contributed by atoms with E-state index >= 15 is 0 Å². The average molecular weight is 404 g/mol. The summed E-state index contributed by atoms with van der Waals surface area (Å²) >= 11 is 0. The normalized spacial score (nSPS) is 16.8. The minimum Gasteiger partial charge on any atom is -0.395 e. The molecule has 0 aromatic heterocycles. The van der Waals surface area contributed by atoms with Crippen LogP contribution >= 0.6 is 0 Å². The van der Waals surface area contributed by atoms with Crippen molar-refractivity contribution in [3.8, 4) is 23.7 Å². The fraction of sp³-hybridized carbons (Fsp3) is 0.368. The van der Waals surface area contributed by atoms with Gasteiger partial charge in [-0.3, -0.25) is 14.8 Å². The summed E-state index contributed by atoms with van der Waals surface area (Å²) in [5, 5.41) is 20.0. The van der Waals surface area contributed by atoms with Gasteiger partial charge in [0.05, 0.1) is 18.1 Å². The third kappa shape index (κ3) is 5.33. The third-order valence-corrected chi connectivity index (χ3v) is 6.38. The van der Waals surface area contributed by atoms with E-state index in [4.69, 9.17) is 10.3 Å². The van der Waals surface area contributed by atoms with Crippen LogP contribution in [0.4, 0.5) is 0 Å². The minimum atomic E-state index is -3.25. The van der Waals surface area contributed by atoms with Gasteiger partial charge in [0, 0.05) is 23.0 Å². The molecule has 0 saturated carbocycles. The maximum absolute atomic E-state index is 12.5. The van der Waals surface area contributed by atoms with Gasteiger partial charge < -0.3 is 10.4 Å². The maximum Gasteiger partial charge on any atom is 0.266 e. The van der Waals surface area contributed by atoms with E-state index in [-0.39, 0.29) is 23.7 Å². The number of aliphatic hydroxyl groups is 1. The lowest BCUT2D eigenvalue weighted by Gasteiger charge is -2.42. The summed E-state index contributed by atoms with van der Waals surface area (Å²) in [7, 11) is -3.25. The number of carbonyl (C=O) groups is 2. The van der Waals surface area contributed by atoms with E-state index in [0.29, 0.717) is 12.0 Å². The molecule has 1 aromatic carbocycles. The van der Waals surface area contributed by atoms with Crippen LogP contribution in [0.1, 0.15) is 29.3 Å². The highest BCUT2D eigenvalue weighted by molar-refractivity contribution is 7.92. The molecule has 1 aliphatic rings. The summed E-state index contributed by atoms with van der Waals surface area (Å²) in [4.78, 5) is 24.4. The molecule has 1 fully saturated rings. The van der Waals surface area contributed by atoms with Gasteiger partial charge in [-0.25, -0.2) is 13.9 Å². The Balaban J connectivity index is 2.10. The molecule has 148 valence electrons. The van der Waals surface area contributed by atoms with Crippen molar-refractivity contribution in [3.05, 3.63) is 35.4 Å². The van der Waals surface area contributed by atoms with Crippen molar-refractivity contribution < 1.29 is 28.3 Å². The van der Waals surface area contributed by atoms with Crippen LogP contribution in [0, 0.1) is 29.1 Å². The van der Waals surface area contributed by atoms with Crippen LogP contribution in [0.5, 0.6) is 0 Å². The van der Waals surface area contributed by atoms with Gasteiger partial charge in [0.25, 0.3) is 11.8 Å². The summed E-state index contributed by atoms with van der Waals surface area (Å²) < 4.78 is 23.0. The maximum atomic E-state index is 12.5. The van der Waals surface area contributed by atoms with E-state index in [2.05, 4.69) is 29.0 Å². The Morgan fingerprint density at radius 1 is 1.21 bits per heavy atom. The molecule has 0 aliphatic carbocycles. The van der Waals surface area contributed by atoms with E-state index in [1.807, 2.05) is 0 Å². The molecule has 1 unspecified atom stereocenters. The van der Waals surface area contributed by atoms with Crippen molar-refractivity contribution >= 4 is 21.7 Å². The van der Waals surface area contributed by atoms with Gasteiger partial charge in [-0.05, 0) is 36.1 Å². The summed E-state index contributed by atoms with van der Waals surface area (Å²) in [5.74, 6) is 8.68. The number of hydrogen-bond acceptors (Lipinski definition) is 6. The number of nitrogens with one attached hydrogen (secondary N) is 2. The molecular weight excluding hydrogens is 384 g/mol. The lowest BCUT2D eigenvalue weighted by molar-refractivity contribution is -0.133. The van der Waals surface area contributed by atoms with Crippen molar-refractivity contribution in [2.75, 3.05) is 18.1 Å². The predicted molar refractivity (Wildman–Crippen MR) is 101 cm³/mol. The zero-order valence-corrected chi connectivity index (χ0v) is 16.0. The first-order chi connectivity index (χ1) is 13.2. The molecule has 2 amide bonds. The van der Waals surface area contributed by atoms with E-state index in [1.165, 1.54) is 17.6 Å². The number of aliphatic hydroxyl groups excluding tert-OH is 1. The highest BCUT2D eigenvalue weighted by atomic mass is 32.2. The Kier molecular flexibility index (Phi) is 6.81. The number of amides is 2. The molecule has 1 atom stereocenters. The standard InChI is InChI=1S/C19H20N2O6S/c1-19(12-28(26,27)13-19)16(18(24)21-25)20-17(23)15-9-7-14(8-10-15)6-4-2-3-5-11-22/h7-10,16,22,25H,5,11-13H2,1H3,(H,20,23)(H,21,24). The van der Waals surface area contributed by atoms with E-state index in [9.17, 15) is 18.0 Å². The highest BCUT2D eigenvalue weighted by Crippen LogP contribution is 2.36. The number of sulfone groups is 1. The van der Waals surface area contributed by atoms with Crippen molar-refractivity contribution in [2.24, 2.45) is 5.41 Å².